The van der Waals surface area contributed by atoms with E-state index in [0.717, 1.165) is 35.5 Å². The molecular weight excluding hydrogens is 270 g/mol. The maximum Gasteiger partial charge on any atom is 0.127 e. The fourth-order valence-corrected chi connectivity index (χ4v) is 4.32. The highest BCUT2D eigenvalue weighted by molar-refractivity contribution is 6.31. The fraction of sp³-hybridized carbons (Fsp3) is 0.562. The van der Waals surface area contributed by atoms with Crippen LogP contribution in [0.15, 0.2) is 18.2 Å². The Bertz CT molecular complexity index is 648. The molecule has 20 heavy (non-hydrogen) atoms. The summed E-state index contributed by atoms with van der Waals surface area (Å²) >= 11 is 6.15. The molecule has 0 bridgehead atoms. The third-order valence-electron chi connectivity index (χ3n) is 5.08. The number of rotatable bonds is 2. The van der Waals surface area contributed by atoms with Gasteiger partial charge >= 0.3 is 0 Å². The summed E-state index contributed by atoms with van der Waals surface area (Å²) < 4.78 is 2.33. The molecule has 0 amide bonds. The summed E-state index contributed by atoms with van der Waals surface area (Å²) in [7, 11) is 0. The van der Waals surface area contributed by atoms with Crippen molar-refractivity contribution in [2.24, 2.45) is 11.8 Å². The molecule has 1 aromatic heterocycles. The molecular formula is C16H20ClN3. The van der Waals surface area contributed by atoms with E-state index in [0.29, 0.717) is 6.04 Å². The summed E-state index contributed by atoms with van der Waals surface area (Å²) in [4.78, 5) is 4.91. The number of halogens is 1. The predicted molar refractivity (Wildman–Crippen MR) is 82.0 cm³/mol. The monoisotopic (exact) mass is 289 g/mol. The first-order valence-electron chi connectivity index (χ1n) is 7.67. The van der Waals surface area contributed by atoms with Crippen molar-refractivity contribution in [3.8, 4) is 0 Å². The average Bonchev–Trinajstić information content (AvgIpc) is 3.10. The molecule has 4 heteroatoms. The Kier molecular flexibility index (Phi) is 3.00. The Morgan fingerprint density at radius 2 is 2.30 bits per heavy atom. The molecule has 0 radical (unpaired) electrons. The van der Waals surface area contributed by atoms with Crippen molar-refractivity contribution in [3.63, 3.8) is 0 Å². The summed E-state index contributed by atoms with van der Waals surface area (Å²) in [6.45, 7) is 4.29. The molecule has 2 aromatic rings. The van der Waals surface area contributed by atoms with Gasteiger partial charge in [0.2, 0.25) is 0 Å². The smallest absolute Gasteiger partial charge is 0.127 e. The summed E-state index contributed by atoms with van der Waals surface area (Å²) in [5, 5.41) is 4.50. The van der Waals surface area contributed by atoms with Gasteiger partial charge in [-0.2, -0.15) is 0 Å². The lowest BCUT2D eigenvalue weighted by Crippen LogP contribution is -2.22. The van der Waals surface area contributed by atoms with Crippen molar-refractivity contribution < 1.29 is 0 Å². The lowest BCUT2D eigenvalue weighted by atomic mass is 9.93. The summed E-state index contributed by atoms with van der Waals surface area (Å²) in [6, 6.07) is 6.43. The van der Waals surface area contributed by atoms with Gasteiger partial charge in [-0.25, -0.2) is 4.98 Å². The minimum absolute atomic E-state index is 0.425. The molecule has 1 saturated heterocycles. The Balaban J connectivity index is 1.83. The Morgan fingerprint density at radius 1 is 1.40 bits per heavy atom. The molecule has 1 saturated carbocycles. The summed E-state index contributed by atoms with van der Waals surface area (Å²) in [6.07, 6.45) is 4.11. The van der Waals surface area contributed by atoms with Crippen LogP contribution in [0, 0.1) is 11.8 Å². The highest BCUT2D eigenvalue weighted by Gasteiger charge is 2.41. The molecule has 3 unspecified atom stereocenters. The second-order valence-corrected chi connectivity index (χ2v) is 6.52. The first-order chi connectivity index (χ1) is 9.78. The van der Waals surface area contributed by atoms with Crippen molar-refractivity contribution in [1.29, 1.82) is 0 Å². The van der Waals surface area contributed by atoms with Crippen LogP contribution < -0.4 is 5.32 Å². The van der Waals surface area contributed by atoms with Crippen molar-refractivity contribution in [2.45, 2.75) is 38.8 Å². The van der Waals surface area contributed by atoms with Gasteiger partial charge in [-0.05, 0) is 56.3 Å². The van der Waals surface area contributed by atoms with Crippen LogP contribution >= 0.6 is 11.6 Å². The van der Waals surface area contributed by atoms with Crippen LogP contribution in [0.3, 0.4) is 0 Å². The fourth-order valence-electron chi connectivity index (χ4n) is 4.15. The third kappa shape index (κ3) is 1.80. The van der Waals surface area contributed by atoms with Crippen LogP contribution in [0.1, 0.15) is 38.1 Å². The molecule has 3 nitrogen and oxygen atoms in total. The standard InChI is InChI=1S/C16H20ClN3/c1-2-20-14-8-11(17)6-7-13(14)19-16(20)15-12-5-3-4-10(12)9-18-15/h6-8,10,12,15,18H,2-5,9H2,1H3. The van der Waals surface area contributed by atoms with Gasteiger partial charge in [-0.3, -0.25) is 0 Å². The van der Waals surface area contributed by atoms with Gasteiger partial charge in [0.05, 0.1) is 17.1 Å². The zero-order chi connectivity index (χ0) is 13.7. The lowest BCUT2D eigenvalue weighted by molar-refractivity contribution is 0.399. The van der Waals surface area contributed by atoms with Crippen molar-refractivity contribution in [3.05, 3.63) is 29.0 Å². The van der Waals surface area contributed by atoms with Crippen LogP contribution in [0.5, 0.6) is 0 Å². The number of hydrogen-bond acceptors (Lipinski definition) is 2. The van der Waals surface area contributed by atoms with Gasteiger partial charge in [-0.15, -0.1) is 0 Å². The molecule has 1 N–H and O–H groups in total. The Hall–Kier alpha value is -1.06. The van der Waals surface area contributed by atoms with Crippen molar-refractivity contribution >= 4 is 22.6 Å². The minimum atomic E-state index is 0.425. The van der Waals surface area contributed by atoms with Crippen LogP contribution in [0.2, 0.25) is 5.02 Å². The molecule has 106 valence electrons. The van der Waals surface area contributed by atoms with E-state index in [1.807, 2.05) is 18.2 Å². The van der Waals surface area contributed by atoms with E-state index in [2.05, 4.69) is 16.8 Å². The number of fused-ring (bicyclic) bond motifs is 2. The molecule has 1 aliphatic carbocycles. The largest absolute Gasteiger partial charge is 0.327 e. The number of benzene rings is 1. The third-order valence-corrected chi connectivity index (χ3v) is 5.32. The average molecular weight is 290 g/mol. The highest BCUT2D eigenvalue weighted by atomic mass is 35.5. The van der Waals surface area contributed by atoms with E-state index in [1.165, 1.54) is 30.6 Å². The van der Waals surface area contributed by atoms with Crippen LogP contribution in [0.25, 0.3) is 11.0 Å². The summed E-state index contributed by atoms with van der Waals surface area (Å²) in [5.74, 6) is 2.83. The second-order valence-electron chi connectivity index (χ2n) is 6.09. The van der Waals surface area contributed by atoms with Crippen LogP contribution in [-0.4, -0.2) is 16.1 Å². The normalized spacial score (nSPS) is 29.2. The zero-order valence-electron chi connectivity index (χ0n) is 11.8. The maximum atomic E-state index is 6.15. The molecule has 1 aromatic carbocycles. The first kappa shape index (κ1) is 12.7. The number of imidazole rings is 1. The van der Waals surface area contributed by atoms with E-state index in [9.17, 15) is 0 Å². The highest BCUT2D eigenvalue weighted by Crippen LogP contribution is 2.44. The Morgan fingerprint density at radius 3 is 3.15 bits per heavy atom. The van der Waals surface area contributed by atoms with E-state index < -0.39 is 0 Å². The van der Waals surface area contributed by atoms with Gasteiger partial charge in [0.25, 0.3) is 0 Å². The van der Waals surface area contributed by atoms with Gasteiger partial charge in [0.15, 0.2) is 0 Å². The first-order valence-corrected chi connectivity index (χ1v) is 8.05. The molecule has 2 fully saturated rings. The van der Waals surface area contributed by atoms with Crippen LogP contribution in [-0.2, 0) is 6.54 Å². The molecule has 4 rings (SSSR count). The van der Waals surface area contributed by atoms with Crippen molar-refractivity contribution in [1.82, 2.24) is 14.9 Å². The molecule has 0 spiro atoms. The summed E-state index contributed by atoms with van der Waals surface area (Å²) in [5.41, 5.74) is 2.23. The predicted octanol–water partition coefficient (Wildman–Crippen LogP) is 3.77. The van der Waals surface area contributed by atoms with Gasteiger partial charge in [0.1, 0.15) is 5.82 Å². The van der Waals surface area contributed by atoms with E-state index in [4.69, 9.17) is 16.6 Å². The SMILES string of the molecule is CCn1c(C2NCC3CCCC32)nc2ccc(Cl)cc21. The Labute approximate surface area is 124 Å². The zero-order valence-corrected chi connectivity index (χ0v) is 12.5. The lowest BCUT2D eigenvalue weighted by Gasteiger charge is -2.19. The topological polar surface area (TPSA) is 29.9 Å². The number of aryl methyl sites for hydroxylation is 1. The van der Waals surface area contributed by atoms with E-state index in [1.54, 1.807) is 0 Å². The van der Waals surface area contributed by atoms with E-state index in [-0.39, 0.29) is 0 Å². The molecule has 1 aliphatic heterocycles. The quantitative estimate of drug-likeness (QED) is 0.912. The van der Waals surface area contributed by atoms with Gasteiger partial charge in [-0.1, -0.05) is 18.0 Å². The number of nitrogens with one attached hydrogen (secondary N) is 1. The number of nitrogens with zero attached hydrogens (tertiary/aromatic N) is 2. The number of hydrogen-bond donors (Lipinski definition) is 1. The maximum absolute atomic E-state index is 6.15. The molecule has 2 aliphatic rings. The molecule has 3 atom stereocenters. The number of aromatic nitrogens is 2. The van der Waals surface area contributed by atoms with Crippen molar-refractivity contribution in [2.75, 3.05) is 6.54 Å². The van der Waals surface area contributed by atoms with Crippen LogP contribution in [0.4, 0.5) is 0 Å². The second kappa shape index (κ2) is 4.74. The van der Waals surface area contributed by atoms with Gasteiger partial charge < -0.3 is 9.88 Å². The van der Waals surface area contributed by atoms with Gasteiger partial charge in [0, 0.05) is 11.6 Å². The molecule has 2 heterocycles. The minimum Gasteiger partial charge on any atom is -0.327 e. The van der Waals surface area contributed by atoms with E-state index >= 15 is 0 Å².